The standard InChI is InChI=1S/C47H34Cl2N4O6/c48-32-19-15-30(16-20-32)40-38-42(58-52(40)36-7-3-1-4-8-36)46(56)50(44(38)54)34-23-11-28(12-24-34)27-29-13-25-35(26-14-29)51-45(55)39-41(31-17-21-33(49)22-18-31)53(59-43(39)47(51)57)37-9-5-2-6-10-37/h1-26,38-43H,27H2/t38-,39+,40?,41?,42+,43-. The first-order chi connectivity index (χ1) is 28.7. The number of benzene rings is 6. The minimum Gasteiger partial charge on any atom is -0.273 e. The summed E-state index contributed by atoms with van der Waals surface area (Å²) >= 11 is 12.4. The predicted molar refractivity (Wildman–Crippen MR) is 224 cm³/mol. The van der Waals surface area contributed by atoms with Crippen molar-refractivity contribution in [1.29, 1.82) is 0 Å². The number of amides is 4. The van der Waals surface area contributed by atoms with Crippen molar-refractivity contribution in [3.05, 3.63) is 190 Å². The Balaban J connectivity index is 0.849. The molecule has 0 radical (unpaired) electrons. The molecule has 6 aromatic rings. The summed E-state index contributed by atoms with van der Waals surface area (Å²) in [6.07, 6.45) is -1.45. The van der Waals surface area contributed by atoms with Crippen LogP contribution in [0.15, 0.2) is 158 Å². The van der Waals surface area contributed by atoms with Crippen LogP contribution in [0.25, 0.3) is 0 Å². The maximum absolute atomic E-state index is 14.1. The van der Waals surface area contributed by atoms with E-state index in [2.05, 4.69) is 0 Å². The monoisotopic (exact) mass is 820 g/mol. The highest BCUT2D eigenvalue weighted by molar-refractivity contribution is 6.31. The van der Waals surface area contributed by atoms with Crippen molar-refractivity contribution < 1.29 is 28.9 Å². The summed E-state index contributed by atoms with van der Waals surface area (Å²) in [6, 6.07) is 46.8. The Morgan fingerprint density at radius 1 is 0.407 bits per heavy atom. The second-order valence-corrected chi connectivity index (χ2v) is 15.8. The Bertz CT molecular complexity index is 2400. The first kappa shape index (κ1) is 37.0. The van der Waals surface area contributed by atoms with Crippen LogP contribution in [0.3, 0.4) is 0 Å². The minimum atomic E-state index is -0.992. The number of nitrogens with zero attached hydrogens (tertiary/aromatic N) is 4. The molecule has 0 aliphatic carbocycles. The van der Waals surface area contributed by atoms with Crippen LogP contribution in [-0.4, -0.2) is 35.8 Å². The van der Waals surface area contributed by atoms with Gasteiger partial charge in [0, 0.05) is 10.0 Å². The lowest BCUT2D eigenvalue weighted by Gasteiger charge is -2.29. The lowest BCUT2D eigenvalue weighted by molar-refractivity contribution is -0.127. The molecule has 6 atom stereocenters. The summed E-state index contributed by atoms with van der Waals surface area (Å²) in [5.74, 6) is -3.06. The van der Waals surface area contributed by atoms with Gasteiger partial charge in [0.25, 0.3) is 11.8 Å². The quantitative estimate of drug-likeness (QED) is 0.141. The third-order valence-corrected chi connectivity index (χ3v) is 12.0. The Morgan fingerprint density at radius 2 is 0.763 bits per heavy atom. The van der Waals surface area contributed by atoms with Crippen LogP contribution in [0.4, 0.5) is 22.7 Å². The summed E-state index contributed by atoms with van der Waals surface area (Å²) in [5, 5.41) is 4.45. The van der Waals surface area contributed by atoms with Gasteiger partial charge in [0.2, 0.25) is 11.8 Å². The van der Waals surface area contributed by atoms with Crippen molar-refractivity contribution in [2.24, 2.45) is 11.8 Å². The Labute approximate surface area is 349 Å². The van der Waals surface area contributed by atoms with Gasteiger partial charge in [-0.05, 0) is 101 Å². The highest BCUT2D eigenvalue weighted by Crippen LogP contribution is 2.49. The van der Waals surface area contributed by atoms with E-state index < -0.39 is 47.9 Å². The molecular weight excluding hydrogens is 787 g/mol. The largest absolute Gasteiger partial charge is 0.273 e. The van der Waals surface area contributed by atoms with Gasteiger partial charge in [0.1, 0.15) is 11.8 Å². The molecule has 4 heterocycles. The topological polar surface area (TPSA) is 99.7 Å². The highest BCUT2D eigenvalue weighted by Gasteiger charge is 2.61. The number of fused-ring (bicyclic) bond motifs is 2. The molecule has 10 rings (SSSR count). The molecule has 0 saturated carbocycles. The number of halogens is 2. The summed E-state index contributed by atoms with van der Waals surface area (Å²) in [6.45, 7) is 0. The smallest absolute Gasteiger partial charge is 0.266 e. The number of imide groups is 2. The zero-order valence-corrected chi connectivity index (χ0v) is 32.7. The van der Waals surface area contributed by atoms with Crippen molar-refractivity contribution in [2.75, 3.05) is 19.9 Å². The summed E-state index contributed by atoms with van der Waals surface area (Å²) in [4.78, 5) is 71.0. The van der Waals surface area contributed by atoms with Crippen molar-refractivity contribution >= 4 is 69.6 Å². The number of carbonyl (C=O) groups is 4. The molecule has 2 unspecified atom stereocenters. The Hall–Kier alpha value is -6.30. The van der Waals surface area contributed by atoms with E-state index in [0.29, 0.717) is 27.8 Å². The number of anilines is 4. The molecule has 0 aromatic heterocycles. The third-order valence-electron chi connectivity index (χ3n) is 11.5. The molecule has 292 valence electrons. The fraction of sp³-hybridized carbons (Fsp3) is 0.149. The normalized spacial score (nSPS) is 23.7. The Kier molecular flexibility index (Phi) is 9.29. The van der Waals surface area contributed by atoms with Crippen molar-refractivity contribution in [1.82, 2.24) is 0 Å². The molecule has 59 heavy (non-hydrogen) atoms. The van der Waals surface area contributed by atoms with Crippen LogP contribution >= 0.6 is 23.2 Å². The van der Waals surface area contributed by atoms with E-state index in [1.54, 1.807) is 58.7 Å². The van der Waals surface area contributed by atoms with Crippen LogP contribution in [-0.2, 0) is 35.3 Å². The van der Waals surface area contributed by atoms with E-state index in [1.807, 2.05) is 109 Å². The number of carbonyl (C=O) groups excluding carboxylic acids is 4. The van der Waals surface area contributed by atoms with Crippen LogP contribution < -0.4 is 19.9 Å². The number of rotatable bonds is 8. The lowest BCUT2D eigenvalue weighted by Crippen LogP contribution is -2.37. The number of hydrogen-bond donors (Lipinski definition) is 0. The maximum atomic E-state index is 14.1. The summed E-state index contributed by atoms with van der Waals surface area (Å²) in [7, 11) is 0. The molecule has 4 fully saturated rings. The molecule has 10 nitrogen and oxygen atoms in total. The van der Waals surface area contributed by atoms with Crippen LogP contribution in [0.1, 0.15) is 34.3 Å². The molecule has 6 aromatic carbocycles. The van der Waals surface area contributed by atoms with E-state index in [4.69, 9.17) is 32.9 Å². The van der Waals surface area contributed by atoms with E-state index >= 15 is 0 Å². The Morgan fingerprint density at radius 3 is 1.12 bits per heavy atom. The molecule has 4 amide bonds. The predicted octanol–water partition coefficient (Wildman–Crippen LogP) is 8.69. The molecule has 0 spiro atoms. The van der Waals surface area contributed by atoms with Gasteiger partial charge in [-0.25, -0.2) is 19.9 Å². The zero-order chi connectivity index (χ0) is 40.4. The molecule has 4 saturated heterocycles. The molecular formula is C47H34Cl2N4O6. The van der Waals surface area contributed by atoms with E-state index in [0.717, 1.165) is 33.6 Å². The fourth-order valence-electron chi connectivity index (χ4n) is 8.69. The van der Waals surface area contributed by atoms with Crippen LogP contribution in [0.5, 0.6) is 0 Å². The zero-order valence-electron chi connectivity index (χ0n) is 31.2. The molecule has 0 N–H and O–H groups in total. The van der Waals surface area contributed by atoms with E-state index in [-0.39, 0.29) is 11.8 Å². The van der Waals surface area contributed by atoms with Gasteiger partial charge in [-0.3, -0.25) is 28.9 Å². The lowest BCUT2D eigenvalue weighted by atomic mass is 9.90. The van der Waals surface area contributed by atoms with Crippen LogP contribution in [0, 0.1) is 11.8 Å². The molecule has 0 bridgehead atoms. The first-order valence-corrected chi connectivity index (χ1v) is 20.0. The fourth-order valence-corrected chi connectivity index (χ4v) is 8.95. The third kappa shape index (κ3) is 6.36. The van der Waals surface area contributed by atoms with Crippen molar-refractivity contribution in [2.45, 2.75) is 30.7 Å². The number of para-hydroxylation sites is 2. The summed E-state index contributed by atoms with van der Waals surface area (Å²) < 4.78 is 0. The average Bonchev–Trinajstić information content (AvgIpc) is 3.99. The molecule has 4 aliphatic rings. The van der Waals surface area contributed by atoms with Crippen molar-refractivity contribution in [3.8, 4) is 0 Å². The average molecular weight is 822 g/mol. The van der Waals surface area contributed by atoms with E-state index in [1.165, 1.54) is 9.80 Å². The van der Waals surface area contributed by atoms with Gasteiger partial charge < -0.3 is 0 Å². The van der Waals surface area contributed by atoms with Gasteiger partial charge in [-0.15, -0.1) is 0 Å². The van der Waals surface area contributed by atoms with Gasteiger partial charge in [-0.1, -0.05) is 108 Å². The first-order valence-electron chi connectivity index (χ1n) is 19.2. The second-order valence-electron chi connectivity index (χ2n) is 15.0. The second kappa shape index (κ2) is 14.8. The molecule has 4 aliphatic heterocycles. The SMILES string of the molecule is O=C1[C@H]2ON(c3ccccc3)C(c3ccc(Cl)cc3)[C@H]2C(=O)N1c1ccc(Cc2ccc(N3C(=O)[C@@H]4ON(c5ccccc5)C(c5ccc(Cl)cc5)[C@@H]4C3=O)cc2)cc1. The van der Waals surface area contributed by atoms with Gasteiger partial charge in [0.15, 0.2) is 12.2 Å². The van der Waals surface area contributed by atoms with Crippen LogP contribution in [0.2, 0.25) is 10.0 Å². The van der Waals surface area contributed by atoms with E-state index in [9.17, 15) is 19.2 Å². The number of hydrogen-bond acceptors (Lipinski definition) is 8. The van der Waals surface area contributed by atoms with Gasteiger partial charge >= 0.3 is 0 Å². The highest BCUT2D eigenvalue weighted by atomic mass is 35.5. The molecule has 12 heteroatoms. The summed E-state index contributed by atoms with van der Waals surface area (Å²) in [5.41, 5.74) is 5.88. The van der Waals surface area contributed by atoms with Crippen molar-refractivity contribution in [3.63, 3.8) is 0 Å². The number of hydroxylamine groups is 2. The maximum Gasteiger partial charge on any atom is 0.266 e. The van der Waals surface area contributed by atoms with Gasteiger partial charge in [-0.2, -0.15) is 0 Å². The van der Waals surface area contributed by atoms with Gasteiger partial charge in [0.05, 0.1) is 34.8 Å². The minimum absolute atomic E-state index is 0.338.